The van der Waals surface area contributed by atoms with E-state index in [0.717, 1.165) is 17.0 Å². The van der Waals surface area contributed by atoms with Crippen LogP contribution in [0.3, 0.4) is 0 Å². The van der Waals surface area contributed by atoms with E-state index in [1.807, 2.05) is 35.0 Å². The van der Waals surface area contributed by atoms with Gasteiger partial charge in [0.2, 0.25) is 0 Å². The molecule has 1 aliphatic heterocycles. The number of carbonyl (C=O) groups is 1. The van der Waals surface area contributed by atoms with Crippen LogP contribution < -0.4 is 5.32 Å². The first-order valence-electron chi connectivity index (χ1n) is 7.57. The molecule has 3 aromatic rings. The Morgan fingerprint density at radius 2 is 2.25 bits per heavy atom. The molecule has 0 bridgehead atoms. The monoisotopic (exact) mass is 341 g/mol. The molecular formula is C16H15N5O2S. The zero-order valence-electron chi connectivity index (χ0n) is 12.8. The van der Waals surface area contributed by atoms with Crippen molar-refractivity contribution in [2.45, 2.75) is 19.3 Å². The summed E-state index contributed by atoms with van der Waals surface area (Å²) < 4.78 is 7.71. The van der Waals surface area contributed by atoms with E-state index in [2.05, 4.69) is 20.6 Å². The fourth-order valence-electron chi connectivity index (χ4n) is 2.63. The molecule has 0 fully saturated rings. The minimum Gasteiger partial charge on any atom is -0.368 e. The number of carbonyl (C=O) groups excluding carboxylic acids is 1. The number of hydrogen-bond acceptors (Lipinski definition) is 6. The van der Waals surface area contributed by atoms with Crippen LogP contribution in [0, 0.1) is 0 Å². The molecule has 2 aromatic heterocycles. The molecule has 0 aliphatic carbocycles. The maximum atomic E-state index is 11.9. The molecular weight excluding hydrogens is 326 g/mol. The van der Waals surface area contributed by atoms with Crippen LogP contribution in [0.15, 0.2) is 41.2 Å². The summed E-state index contributed by atoms with van der Waals surface area (Å²) in [5.41, 5.74) is 4.91. The highest BCUT2D eigenvalue weighted by molar-refractivity contribution is 7.07. The number of ether oxygens (including phenoxy) is 1. The van der Waals surface area contributed by atoms with Gasteiger partial charge < -0.3 is 10.1 Å². The quantitative estimate of drug-likeness (QED) is 0.781. The Hall–Kier alpha value is -2.58. The Balaban J connectivity index is 1.42. The lowest BCUT2D eigenvalue weighted by molar-refractivity contribution is 0.00174. The average molecular weight is 341 g/mol. The molecule has 1 amide bonds. The highest BCUT2D eigenvalue weighted by Gasteiger charge is 2.24. The van der Waals surface area contributed by atoms with Crippen molar-refractivity contribution in [2.24, 2.45) is 0 Å². The molecule has 0 unspecified atom stereocenters. The van der Waals surface area contributed by atoms with Crippen LogP contribution in [-0.4, -0.2) is 38.5 Å². The predicted molar refractivity (Wildman–Crippen MR) is 88.5 cm³/mol. The average Bonchev–Trinajstić information content (AvgIpc) is 3.30. The van der Waals surface area contributed by atoms with Gasteiger partial charge in [0, 0.05) is 17.5 Å². The zero-order valence-corrected chi connectivity index (χ0v) is 13.6. The van der Waals surface area contributed by atoms with E-state index in [9.17, 15) is 4.79 Å². The number of rotatable bonds is 4. The first kappa shape index (κ1) is 15.0. The van der Waals surface area contributed by atoms with Crippen LogP contribution in [0.1, 0.15) is 16.2 Å². The van der Waals surface area contributed by atoms with Crippen molar-refractivity contribution >= 4 is 17.2 Å². The smallest absolute Gasteiger partial charge is 0.270 e. The van der Waals surface area contributed by atoms with Gasteiger partial charge in [-0.25, -0.2) is 9.67 Å². The van der Waals surface area contributed by atoms with Gasteiger partial charge in [0.05, 0.1) is 30.5 Å². The molecule has 8 heteroatoms. The summed E-state index contributed by atoms with van der Waals surface area (Å²) in [6, 6.07) is 9.93. The maximum Gasteiger partial charge on any atom is 0.270 e. The molecule has 0 saturated carbocycles. The van der Waals surface area contributed by atoms with Crippen molar-refractivity contribution in [1.82, 2.24) is 25.3 Å². The van der Waals surface area contributed by atoms with Crippen molar-refractivity contribution in [1.29, 1.82) is 0 Å². The third kappa shape index (κ3) is 2.93. The van der Waals surface area contributed by atoms with Gasteiger partial charge in [0.1, 0.15) is 11.4 Å². The van der Waals surface area contributed by atoms with E-state index in [-0.39, 0.29) is 12.0 Å². The van der Waals surface area contributed by atoms with Crippen LogP contribution >= 0.6 is 11.3 Å². The summed E-state index contributed by atoms with van der Waals surface area (Å²) in [4.78, 5) is 15.9. The third-order valence-corrected chi connectivity index (χ3v) is 4.46. The van der Waals surface area contributed by atoms with Gasteiger partial charge in [-0.05, 0) is 0 Å². The minimum absolute atomic E-state index is 0.134. The molecule has 1 aromatic carbocycles. The summed E-state index contributed by atoms with van der Waals surface area (Å²) >= 11 is 1.40. The standard InChI is InChI=1S/C16H15N5O2S/c22-16(13-9-24-10-18-13)17-6-12-7-21-14(8-23-12)15(19-20-21)11-4-2-1-3-5-11/h1-5,9-10,12H,6-8H2,(H,17,22)/t12-/m0/s1. The summed E-state index contributed by atoms with van der Waals surface area (Å²) in [6.45, 7) is 1.40. The van der Waals surface area contributed by atoms with Crippen LogP contribution in [0.5, 0.6) is 0 Å². The first-order valence-corrected chi connectivity index (χ1v) is 8.51. The normalized spacial score (nSPS) is 16.6. The van der Waals surface area contributed by atoms with Gasteiger partial charge in [-0.1, -0.05) is 35.5 Å². The Morgan fingerprint density at radius 1 is 1.38 bits per heavy atom. The molecule has 0 radical (unpaired) electrons. The molecule has 122 valence electrons. The van der Waals surface area contributed by atoms with E-state index in [0.29, 0.717) is 25.4 Å². The molecule has 7 nitrogen and oxygen atoms in total. The first-order chi connectivity index (χ1) is 11.8. The van der Waals surface area contributed by atoms with Crippen molar-refractivity contribution < 1.29 is 9.53 Å². The van der Waals surface area contributed by atoms with Gasteiger partial charge in [-0.2, -0.15) is 0 Å². The van der Waals surface area contributed by atoms with Crippen molar-refractivity contribution in [3.05, 3.63) is 52.6 Å². The lowest BCUT2D eigenvalue weighted by atomic mass is 10.1. The number of benzene rings is 1. The SMILES string of the molecule is O=C(NC[C@H]1Cn2nnc(-c3ccccc3)c2CO1)c1cscn1. The predicted octanol–water partition coefficient (Wildman–Crippen LogP) is 1.73. The summed E-state index contributed by atoms with van der Waals surface area (Å²) in [7, 11) is 0. The molecule has 1 N–H and O–H groups in total. The number of aromatic nitrogens is 4. The van der Waals surface area contributed by atoms with Crippen molar-refractivity contribution in [3.8, 4) is 11.3 Å². The van der Waals surface area contributed by atoms with Crippen LogP contribution in [0.25, 0.3) is 11.3 Å². The second-order valence-corrected chi connectivity index (χ2v) is 6.17. The highest BCUT2D eigenvalue weighted by atomic mass is 32.1. The number of fused-ring (bicyclic) bond motifs is 1. The third-order valence-electron chi connectivity index (χ3n) is 3.87. The van der Waals surface area contributed by atoms with Crippen molar-refractivity contribution in [3.63, 3.8) is 0 Å². The lowest BCUT2D eigenvalue weighted by Gasteiger charge is -2.24. The van der Waals surface area contributed by atoms with Crippen molar-refractivity contribution in [2.75, 3.05) is 6.54 Å². The Morgan fingerprint density at radius 3 is 3.04 bits per heavy atom. The molecule has 3 heterocycles. The van der Waals surface area contributed by atoms with Crippen LogP contribution in [0.2, 0.25) is 0 Å². The second kappa shape index (κ2) is 6.50. The van der Waals surface area contributed by atoms with E-state index >= 15 is 0 Å². The minimum atomic E-state index is -0.186. The second-order valence-electron chi connectivity index (χ2n) is 5.45. The fourth-order valence-corrected chi connectivity index (χ4v) is 3.16. The van der Waals surface area contributed by atoms with Gasteiger partial charge in [0.15, 0.2) is 0 Å². The Bertz CT molecular complexity index is 832. The van der Waals surface area contributed by atoms with E-state index in [1.165, 1.54) is 11.3 Å². The maximum absolute atomic E-state index is 11.9. The van der Waals surface area contributed by atoms with Gasteiger partial charge >= 0.3 is 0 Å². The van der Waals surface area contributed by atoms with E-state index < -0.39 is 0 Å². The number of thiazole rings is 1. The Labute approximate surface area is 142 Å². The molecule has 24 heavy (non-hydrogen) atoms. The van der Waals surface area contributed by atoms with Gasteiger partial charge in [-0.15, -0.1) is 16.4 Å². The number of hydrogen-bond donors (Lipinski definition) is 1. The van der Waals surface area contributed by atoms with Gasteiger partial charge in [-0.3, -0.25) is 4.79 Å². The highest BCUT2D eigenvalue weighted by Crippen LogP contribution is 2.24. The summed E-state index contributed by atoms with van der Waals surface area (Å²) in [6.07, 6.45) is -0.134. The number of amides is 1. The van der Waals surface area contributed by atoms with E-state index in [1.54, 1.807) is 10.9 Å². The molecule has 0 saturated heterocycles. The van der Waals surface area contributed by atoms with Gasteiger partial charge in [0.25, 0.3) is 5.91 Å². The molecule has 0 spiro atoms. The zero-order chi connectivity index (χ0) is 16.4. The van der Waals surface area contributed by atoms with Crippen LogP contribution in [0.4, 0.5) is 0 Å². The number of nitrogens with one attached hydrogen (secondary N) is 1. The number of nitrogens with zero attached hydrogens (tertiary/aromatic N) is 4. The lowest BCUT2D eigenvalue weighted by Crippen LogP contribution is -2.39. The molecule has 1 atom stereocenters. The summed E-state index contributed by atoms with van der Waals surface area (Å²) in [5, 5.41) is 13.1. The Kier molecular flexibility index (Phi) is 4.06. The van der Waals surface area contributed by atoms with Crippen LogP contribution in [-0.2, 0) is 17.9 Å². The van der Waals surface area contributed by atoms with E-state index in [4.69, 9.17) is 4.74 Å². The topological polar surface area (TPSA) is 81.9 Å². The largest absolute Gasteiger partial charge is 0.368 e. The summed E-state index contributed by atoms with van der Waals surface area (Å²) in [5.74, 6) is -0.186. The molecule has 4 rings (SSSR count). The molecule has 1 aliphatic rings. The fraction of sp³-hybridized carbons (Fsp3) is 0.250.